The molecule has 0 aliphatic rings. The summed E-state index contributed by atoms with van der Waals surface area (Å²) in [6, 6.07) is 14.5. The minimum Gasteiger partial charge on any atom is -0.322 e. The number of anilines is 2. The lowest BCUT2D eigenvalue weighted by molar-refractivity contribution is 0.102. The molecule has 0 saturated heterocycles. The van der Waals surface area contributed by atoms with E-state index in [1.54, 1.807) is 19.1 Å². The Kier molecular flexibility index (Phi) is 5.18. The average Bonchev–Trinajstić information content (AvgIpc) is 2.62. The number of hydrogen-bond acceptors (Lipinski definition) is 4. The lowest BCUT2D eigenvalue weighted by atomic mass is 10.1. The van der Waals surface area contributed by atoms with Crippen LogP contribution in [0.5, 0.6) is 0 Å². The minimum atomic E-state index is -3.79. The molecule has 0 radical (unpaired) electrons. The van der Waals surface area contributed by atoms with Gasteiger partial charge in [0.15, 0.2) is 0 Å². The van der Waals surface area contributed by atoms with E-state index in [0.717, 1.165) is 0 Å². The number of sulfonamides is 1. The van der Waals surface area contributed by atoms with Gasteiger partial charge in [-0.05, 0) is 67.1 Å². The number of aromatic nitrogens is 1. The van der Waals surface area contributed by atoms with E-state index in [2.05, 4.69) is 15.0 Å². The highest BCUT2D eigenvalue weighted by atomic mass is 32.2. The maximum absolute atomic E-state index is 13.2. The molecule has 0 saturated carbocycles. The molecule has 3 aromatic rings. The van der Waals surface area contributed by atoms with Gasteiger partial charge in [0.05, 0.1) is 4.90 Å². The second-order valence-electron chi connectivity index (χ2n) is 5.76. The lowest BCUT2D eigenvalue weighted by Crippen LogP contribution is -2.15. The fraction of sp³-hybridized carbons (Fsp3) is 0.0526. The number of carbonyl (C=O) groups is 1. The van der Waals surface area contributed by atoms with Gasteiger partial charge in [0.25, 0.3) is 15.9 Å². The van der Waals surface area contributed by atoms with Gasteiger partial charge >= 0.3 is 0 Å². The standard InChI is InChI=1S/C19H16FN3O3S/c1-13-12-14(20)5-10-17(13)19(24)22-15-6-8-16(9-7-15)27(25,26)23-18-4-2-3-11-21-18/h2-12H,1H3,(H,21,23)(H,22,24). The zero-order valence-corrected chi connectivity index (χ0v) is 15.1. The highest BCUT2D eigenvalue weighted by Crippen LogP contribution is 2.18. The van der Waals surface area contributed by atoms with Crippen LogP contribution < -0.4 is 10.0 Å². The van der Waals surface area contributed by atoms with Crippen LogP contribution in [0.4, 0.5) is 15.9 Å². The van der Waals surface area contributed by atoms with Gasteiger partial charge in [0, 0.05) is 17.4 Å². The first kappa shape index (κ1) is 18.5. The summed E-state index contributed by atoms with van der Waals surface area (Å²) >= 11 is 0. The molecule has 1 aromatic heterocycles. The van der Waals surface area contributed by atoms with Crippen molar-refractivity contribution in [2.24, 2.45) is 0 Å². The van der Waals surface area contributed by atoms with Crippen molar-refractivity contribution in [1.29, 1.82) is 0 Å². The van der Waals surface area contributed by atoms with Gasteiger partial charge in [-0.3, -0.25) is 9.52 Å². The van der Waals surface area contributed by atoms with Gasteiger partial charge in [0.1, 0.15) is 11.6 Å². The molecule has 8 heteroatoms. The summed E-state index contributed by atoms with van der Waals surface area (Å²) in [4.78, 5) is 16.2. The molecule has 0 bridgehead atoms. The van der Waals surface area contributed by atoms with Crippen molar-refractivity contribution in [1.82, 2.24) is 4.98 Å². The highest BCUT2D eigenvalue weighted by Gasteiger charge is 2.15. The molecule has 0 fully saturated rings. The summed E-state index contributed by atoms with van der Waals surface area (Å²) in [5.74, 6) is -0.615. The number of benzene rings is 2. The molecule has 0 spiro atoms. The third-order valence-corrected chi connectivity index (χ3v) is 5.13. The van der Waals surface area contributed by atoms with Crippen LogP contribution in [0.3, 0.4) is 0 Å². The number of amides is 1. The zero-order valence-electron chi connectivity index (χ0n) is 14.3. The SMILES string of the molecule is Cc1cc(F)ccc1C(=O)Nc1ccc(S(=O)(=O)Nc2ccccn2)cc1. The Balaban J connectivity index is 1.74. The Morgan fingerprint density at radius 2 is 1.78 bits per heavy atom. The summed E-state index contributed by atoms with van der Waals surface area (Å²) in [5, 5.41) is 2.66. The van der Waals surface area contributed by atoms with Crippen molar-refractivity contribution < 1.29 is 17.6 Å². The molecule has 27 heavy (non-hydrogen) atoms. The Hall–Kier alpha value is -3.26. The molecule has 3 rings (SSSR count). The summed E-state index contributed by atoms with van der Waals surface area (Å²) in [6.45, 7) is 1.64. The van der Waals surface area contributed by atoms with Gasteiger partial charge in [-0.1, -0.05) is 6.07 Å². The largest absolute Gasteiger partial charge is 0.322 e. The third-order valence-electron chi connectivity index (χ3n) is 3.76. The van der Waals surface area contributed by atoms with Gasteiger partial charge < -0.3 is 5.32 Å². The topological polar surface area (TPSA) is 88.2 Å². The molecule has 138 valence electrons. The van der Waals surface area contributed by atoms with Crippen LogP contribution in [0.1, 0.15) is 15.9 Å². The molecule has 0 aliphatic heterocycles. The maximum atomic E-state index is 13.2. The molecule has 0 atom stereocenters. The number of halogens is 1. The smallest absolute Gasteiger partial charge is 0.263 e. The lowest BCUT2D eigenvalue weighted by Gasteiger charge is -2.10. The predicted molar refractivity (Wildman–Crippen MR) is 101 cm³/mol. The fourth-order valence-corrected chi connectivity index (χ4v) is 3.43. The van der Waals surface area contributed by atoms with E-state index in [1.165, 1.54) is 54.7 Å². The number of aryl methyl sites for hydroxylation is 1. The molecule has 0 unspecified atom stereocenters. The van der Waals surface area contributed by atoms with Crippen LogP contribution in [-0.4, -0.2) is 19.3 Å². The molecule has 2 N–H and O–H groups in total. The summed E-state index contributed by atoms with van der Waals surface area (Å²) in [5.41, 5.74) is 1.26. The van der Waals surface area contributed by atoms with E-state index in [9.17, 15) is 17.6 Å². The van der Waals surface area contributed by atoms with E-state index in [1.807, 2.05) is 0 Å². The normalized spacial score (nSPS) is 11.0. The van der Waals surface area contributed by atoms with E-state index in [-0.39, 0.29) is 10.7 Å². The first-order valence-corrected chi connectivity index (χ1v) is 9.45. The first-order valence-electron chi connectivity index (χ1n) is 7.96. The second kappa shape index (κ2) is 7.55. The van der Waals surface area contributed by atoms with Crippen molar-refractivity contribution in [3.8, 4) is 0 Å². The monoisotopic (exact) mass is 385 g/mol. The van der Waals surface area contributed by atoms with Crippen molar-refractivity contribution in [3.05, 3.63) is 83.8 Å². The van der Waals surface area contributed by atoms with Crippen molar-refractivity contribution in [2.75, 3.05) is 10.0 Å². The first-order chi connectivity index (χ1) is 12.8. The van der Waals surface area contributed by atoms with E-state index < -0.39 is 21.7 Å². The summed E-state index contributed by atoms with van der Waals surface area (Å²) in [6.07, 6.45) is 1.48. The number of nitrogens with zero attached hydrogens (tertiary/aromatic N) is 1. The van der Waals surface area contributed by atoms with Crippen LogP contribution in [0, 0.1) is 12.7 Å². The molecular formula is C19H16FN3O3S. The number of nitrogens with one attached hydrogen (secondary N) is 2. The molecular weight excluding hydrogens is 369 g/mol. The molecule has 2 aromatic carbocycles. The summed E-state index contributed by atoms with van der Waals surface area (Å²) in [7, 11) is -3.79. The molecule has 6 nitrogen and oxygen atoms in total. The third kappa shape index (κ3) is 4.48. The van der Waals surface area contributed by atoms with Gasteiger partial charge in [0.2, 0.25) is 0 Å². The van der Waals surface area contributed by atoms with Crippen molar-refractivity contribution in [2.45, 2.75) is 11.8 Å². The van der Waals surface area contributed by atoms with Gasteiger partial charge in [-0.15, -0.1) is 0 Å². The fourth-order valence-electron chi connectivity index (χ4n) is 2.42. The maximum Gasteiger partial charge on any atom is 0.263 e. The van der Waals surface area contributed by atoms with Crippen molar-refractivity contribution in [3.63, 3.8) is 0 Å². The number of rotatable bonds is 5. The number of hydrogen-bond donors (Lipinski definition) is 2. The van der Waals surface area contributed by atoms with E-state index >= 15 is 0 Å². The molecule has 1 amide bonds. The van der Waals surface area contributed by atoms with Crippen LogP contribution in [0.15, 0.2) is 71.8 Å². The Morgan fingerprint density at radius 3 is 2.41 bits per heavy atom. The highest BCUT2D eigenvalue weighted by molar-refractivity contribution is 7.92. The number of carbonyl (C=O) groups excluding carboxylic acids is 1. The zero-order chi connectivity index (χ0) is 19.4. The van der Waals surface area contributed by atoms with Crippen LogP contribution in [0.25, 0.3) is 0 Å². The Bertz CT molecular complexity index is 1070. The molecule has 0 aliphatic carbocycles. The Morgan fingerprint density at radius 1 is 1.04 bits per heavy atom. The van der Waals surface area contributed by atoms with E-state index in [4.69, 9.17) is 0 Å². The second-order valence-corrected chi connectivity index (χ2v) is 7.44. The molecule has 1 heterocycles. The summed E-state index contributed by atoms with van der Waals surface area (Å²) < 4.78 is 40.2. The van der Waals surface area contributed by atoms with Crippen molar-refractivity contribution >= 4 is 27.4 Å². The van der Waals surface area contributed by atoms with E-state index in [0.29, 0.717) is 16.8 Å². The number of pyridine rings is 1. The van der Waals surface area contributed by atoms with Gasteiger partial charge in [-0.2, -0.15) is 0 Å². The van der Waals surface area contributed by atoms with Gasteiger partial charge in [-0.25, -0.2) is 17.8 Å². The minimum absolute atomic E-state index is 0.0316. The Labute approximate surface area is 156 Å². The van der Waals surface area contributed by atoms with Crippen LogP contribution in [0.2, 0.25) is 0 Å². The average molecular weight is 385 g/mol. The van der Waals surface area contributed by atoms with Crippen LogP contribution >= 0.6 is 0 Å². The quantitative estimate of drug-likeness (QED) is 0.703. The predicted octanol–water partition coefficient (Wildman–Crippen LogP) is 3.58. The van der Waals surface area contributed by atoms with Crippen LogP contribution in [-0.2, 0) is 10.0 Å².